The zero-order valence-corrected chi connectivity index (χ0v) is 23.4. The molecule has 0 bridgehead atoms. The van der Waals surface area contributed by atoms with Gasteiger partial charge in [0.2, 0.25) is 11.8 Å². The van der Waals surface area contributed by atoms with Crippen LogP contribution in [0.3, 0.4) is 0 Å². The number of likely N-dealkylation sites (tertiary alicyclic amines) is 1. The van der Waals surface area contributed by atoms with Crippen LogP contribution in [-0.4, -0.2) is 120 Å². The largest absolute Gasteiger partial charge is 0.465 e. The monoisotopic (exact) mass is 545 g/mol. The Kier molecular flexibility index (Phi) is 8.20. The molecule has 0 radical (unpaired) electrons. The zero-order valence-electron chi connectivity index (χ0n) is 23.4. The lowest BCUT2D eigenvalue weighted by Crippen LogP contribution is -2.60. The number of nitrogens with zero attached hydrogens (tertiary/aromatic N) is 3. The molecular weight excluding hydrogens is 502 g/mol. The van der Waals surface area contributed by atoms with Crippen molar-refractivity contribution in [2.24, 2.45) is 17.8 Å². The van der Waals surface area contributed by atoms with Gasteiger partial charge in [0.25, 0.3) is 0 Å². The predicted octanol–water partition coefficient (Wildman–Crippen LogP) is 0.988. The molecule has 3 fully saturated rings. The van der Waals surface area contributed by atoms with E-state index in [0.29, 0.717) is 45.7 Å². The highest BCUT2D eigenvalue weighted by atomic mass is 16.6. The lowest BCUT2D eigenvalue weighted by Gasteiger charge is -2.42. The Labute approximate surface area is 230 Å². The van der Waals surface area contributed by atoms with Crippen LogP contribution in [0.25, 0.3) is 0 Å². The second-order valence-corrected chi connectivity index (χ2v) is 11.5. The quantitative estimate of drug-likeness (QED) is 0.355. The van der Waals surface area contributed by atoms with Crippen LogP contribution in [0.1, 0.15) is 40.0 Å². The first-order valence-corrected chi connectivity index (χ1v) is 14.6. The maximum atomic E-state index is 14.5. The van der Waals surface area contributed by atoms with E-state index in [1.807, 2.05) is 45.1 Å². The number of amides is 2. The molecule has 7 atom stereocenters. The third kappa shape index (κ3) is 4.63. The van der Waals surface area contributed by atoms with Crippen molar-refractivity contribution in [3.05, 3.63) is 24.3 Å². The number of hydrogen-bond acceptors (Lipinski definition) is 8. The molecule has 1 N–H and O–H groups in total. The highest BCUT2D eigenvalue weighted by Crippen LogP contribution is 2.58. The van der Waals surface area contributed by atoms with Gasteiger partial charge in [-0.25, -0.2) is 0 Å². The molecule has 0 aromatic rings. The number of morpholine rings is 1. The van der Waals surface area contributed by atoms with Crippen LogP contribution in [0.2, 0.25) is 0 Å². The topological polar surface area (TPSA) is 109 Å². The van der Waals surface area contributed by atoms with Gasteiger partial charge in [0.05, 0.1) is 38.4 Å². The Hall–Kier alpha value is -2.27. The van der Waals surface area contributed by atoms with Crippen LogP contribution >= 0.6 is 0 Å². The molecule has 0 saturated carbocycles. The standard InChI is InChI=1S/C29H43N3O7/c1-4-20(3)21(19-33)32-24-26(35)31(13-12-30-14-17-37-18-15-30)11-8-10-29(24)22(25(32)34)23-27(36)38-16-7-6-9-28(23,5-2)39-29/h6,8-10,20-24,33H,4-5,7,11-19H2,1-3H3/t20-,21-,22-,23-,24?,28+,29-/m0/s1. The number of fused-ring (bicyclic) bond motifs is 2. The van der Waals surface area contributed by atoms with Gasteiger partial charge in [-0.2, -0.15) is 0 Å². The van der Waals surface area contributed by atoms with E-state index < -0.39 is 41.1 Å². The van der Waals surface area contributed by atoms with E-state index >= 15 is 0 Å². The van der Waals surface area contributed by atoms with Crippen molar-refractivity contribution < 1.29 is 33.7 Å². The third-order valence-corrected chi connectivity index (χ3v) is 9.56. The first-order valence-electron chi connectivity index (χ1n) is 14.6. The maximum Gasteiger partial charge on any atom is 0.313 e. The molecule has 1 spiro atoms. The molecule has 0 aliphatic carbocycles. The van der Waals surface area contributed by atoms with E-state index in [9.17, 15) is 19.5 Å². The van der Waals surface area contributed by atoms with Gasteiger partial charge in [-0.05, 0) is 18.8 Å². The summed E-state index contributed by atoms with van der Waals surface area (Å²) in [4.78, 5) is 48.1. The lowest BCUT2D eigenvalue weighted by atomic mass is 9.73. The van der Waals surface area contributed by atoms with Crippen LogP contribution in [0.15, 0.2) is 24.3 Å². The van der Waals surface area contributed by atoms with Crippen molar-refractivity contribution in [3.63, 3.8) is 0 Å². The Morgan fingerprint density at radius 2 is 1.79 bits per heavy atom. The van der Waals surface area contributed by atoms with Gasteiger partial charge in [0.1, 0.15) is 23.2 Å². The molecule has 0 aromatic carbocycles. The Bertz CT molecular complexity index is 1010. The molecule has 3 saturated heterocycles. The van der Waals surface area contributed by atoms with E-state index in [2.05, 4.69) is 4.90 Å². The molecule has 39 heavy (non-hydrogen) atoms. The molecule has 10 heteroatoms. The van der Waals surface area contributed by atoms with Gasteiger partial charge in [-0.1, -0.05) is 51.5 Å². The molecule has 5 heterocycles. The van der Waals surface area contributed by atoms with Gasteiger partial charge in [-0.3, -0.25) is 19.3 Å². The normalized spacial score (nSPS) is 36.5. The van der Waals surface area contributed by atoms with Gasteiger partial charge in [-0.15, -0.1) is 0 Å². The minimum absolute atomic E-state index is 0.0585. The lowest BCUT2D eigenvalue weighted by molar-refractivity contribution is -0.164. The number of aliphatic hydroxyl groups excluding tert-OH is 1. The summed E-state index contributed by atoms with van der Waals surface area (Å²) < 4.78 is 18.0. The highest BCUT2D eigenvalue weighted by Gasteiger charge is 2.76. The zero-order chi connectivity index (χ0) is 27.8. The maximum absolute atomic E-state index is 14.5. The fraction of sp³-hybridized carbons (Fsp3) is 0.759. The first kappa shape index (κ1) is 28.3. The SMILES string of the molecule is CC[C@H](C)[C@H](CO)N1C(=O)[C@@H]2[C@H]3C(=O)OCCC=C[C@@]3(CC)O[C@@]23C=CCN(CCN2CCOCC2)C(=O)C13. The average Bonchev–Trinajstić information content (AvgIpc) is 3.29. The van der Waals surface area contributed by atoms with E-state index in [0.717, 1.165) is 19.5 Å². The third-order valence-electron chi connectivity index (χ3n) is 9.56. The summed E-state index contributed by atoms with van der Waals surface area (Å²) >= 11 is 0. The van der Waals surface area contributed by atoms with E-state index in [1.165, 1.54) is 0 Å². The molecule has 0 aromatic heterocycles. The van der Waals surface area contributed by atoms with Crippen LogP contribution in [0.4, 0.5) is 0 Å². The van der Waals surface area contributed by atoms with Crippen molar-refractivity contribution in [2.75, 3.05) is 59.2 Å². The number of rotatable bonds is 8. The van der Waals surface area contributed by atoms with Gasteiger partial charge < -0.3 is 29.1 Å². The number of ether oxygens (including phenoxy) is 3. The van der Waals surface area contributed by atoms with E-state index in [4.69, 9.17) is 14.2 Å². The second-order valence-electron chi connectivity index (χ2n) is 11.5. The molecule has 2 amide bonds. The Morgan fingerprint density at radius 1 is 1.03 bits per heavy atom. The van der Waals surface area contributed by atoms with Crippen LogP contribution in [0.5, 0.6) is 0 Å². The average molecular weight is 546 g/mol. The highest BCUT2D eigenvalue weighted by molar-refractivity contribution is 5.99. The number of aliphatic hydroxyl groups is 1. The fourth-order valence-corrected chi connectivity index (χ4v) is 7.17. The second kappa shape index (κ2) is 11.3. The first-order chi connectivity index (χ1) is 18.8. The molecule has 216 valence electrons. The number of cyclic esters (lactones) is 1. The number of hydrogen-bond donors (Lipinski definition) is 1. The van der Waals surface area contributed by atoms with E-state index in [-0.39, 0.29) is 30.9 Å². The minimum atomic E-state index is -1.34. The van der Waals surface area contributed by atoms with Crippen molar-refractivity contribution >= 4 is 17.8 Å². The summed E-state index contributed by atoms with van der Waals surface area (Å²) in [5.41, 5.74) is -2.39. The Morgan fingerprint density at radius 3 is 2.49 bits per heavy atom. The van der Waals surface area contributed by atoms with E-state index in [1.54, 1.807) is 9.80 Å². The van der Waals surface area contributed by atoms with Crippen LogP contribution in [-0.2, 0) is 28.6 Å². The fourth-order valence-electron chi connectivity index (χ4n) is 7.17. The number of carbonyl (C=O) groups is 3. The molecular formula is C29H43N3O7. The molecule has 5 aliphatic rings. The van der Waals surface area contributed by atoms with Gasteiger partial charge >= 0.3 is 5.97 Å². The molecule has 5 aliphatic heterocycles. The predicted molar refractivity (Wildman–Crippen MR) is 142 cm³/mol. The summed E-state index contributed by atoms with van der Waals surface area (Å²) in [6.07, 6.45) is 9.38. The number of carbonyl (C=O) groups excluding carboxylic acids is 3. The van der Waals surface area contributed by atoms with Gasteiger partial charge in [0, 0.05) is 32.7 Å². The Balaban J connectivity index is 1.58. The summed E-state index contributed by atoms with van der Waals surface area (Å²) in [5.74, 6) is -2.85. The summed E-state index contributed by atoms with van der Waals surface area (Å²) in [6, 6.07) is -1.56. The van der Waals surface area contributed by atoms with Gasteiger partial charge in [0.15, 0.2) is 0 Å². The summed E-state index contributed by atoms with van der Waals surface area (Å²) in [5, 5.41) is 10.5. The minimum Gasteiger partial charge on any atom is -0.465 e. The molecule has 10 nitrogen and oxygen atoms in total. The summed E-state index contributed by atoms with van der Waals surface area (Å²) in [7, 11) is 0. The van der Waals surface area contributed by atoms with Crippen LogP contribution in [0, 0.1) is 17.8 Å². The van der Waals surface area contributed by atoms with Crippen molar-refractivity contribution in [1.82, 2.24) is 14.7 Å². The van der Waals surface area contributed by atoms with Crippen molar-refractivity contribution in [1.29, 1.82) is 0 Å². The van der Waals surface area contributed by atoms with Crippen LogP contribution < -0.4 is 0 Å². The molecule has 5 rings (SSSR count). The summed E-state index contributed by atoms with van der Waals surface area (Å²) in [6.45, 7) is 10.4. The smallest absolute Gasteiger partial charge is 0.313 e. The van der Waals surface area contributed by atoms with Crippen molar-refractivity contribution in [3.8, 4) is 0 Å². The number of esters is 1. The molecule has 1 unspecified atom stereocenters. The van der Waals surface area contributed by atoms with Crippen molar-refractivity contribution in [2.45, 2.75) is 63.3 Å².